The van der Waals surface area contributed by atoms with E-state index in [0.717, 1.165) is 18.8 Å². The zero-order chi connectivity index (χ0) is 15.6. The number of anilines is 2. The van der Waals surface area contributed by atoms with E-state index in [0.29, 0.717) is 37.0 Å². The van der Waals surface area contributed by atoms with Crippen LogP contribution in [-0.4, -0.2) is 43.3 Å². The van der Waals surface area contributed by atoms with E-state index in [4.69, 9.17) is 16.3 Å². The molecule has 1 saturated heterocycles. The molecule has 4 nitrogen and oxygen atoms in total. The number of rotatable bonds is 3. The van der Waals surface area contributed by atoms with E-state index >= 15 is 0 Å². The highest BCUT2D eigenvalue weighted by Gasteiger charge is 2.35. The summed E-state index contributed by atoms with van der Waals surface area (Å²) in [5.74, 6) is -1.86. The van der Waals surface area contributed by atoms with Crippen LogP contribution in [0.1, 0.15) is 25.7 Å². The van der Waals surface area contributed by atoms with Crippen LogP contribution in [0.25, 0.3) is 0 Å². The molecule has 0 aromatic carbocycles. The minimum Gasteiger partial charge on any atom is -0.378 e. The first kappa shape index (κ1) is 15.7. The van der Waals surface area contributed by atoms with Crippen LogP contribution in [0.2, 0.25) is 5.15 Å². The predicted molar refractivity (Wildman–Crippen MR) is 83.1 cm³/mol. The number of morpholine rings is 1. The second kappa shape index (κ2) is 6.54. The third-order valence-electron chi connectivity index (χ3n) is 4.22. The summed E-state index contributed by atoms with van der Waals surface area (Å²) in [6.07, 6.45) is 0.769. The van der Waals surface area contributed by atoms with Crippen LogP contribution in [-0.2, 0) is 4.74 Å². The van der Waals surface area contributed by atoms with Crippen LogP contribution >= 0.6 is 11.6 Å². The van der Waals surface area contributed by atoms with Crippen molar-refractivity contribution in [2.24, 2.45) is 0 Å². The molecule has 7 heteroatoms. The molecule has 1 aliphatic carbocycles. The number of aromatic nitrogens is 1. The quantitative estimate of drug-likeness (QED) is 0.859. The van der Waals surface area contributed by atoms with Crippen molar-refractivity contribution in [1.82, 2.24) is 4.98 Å². The van der Waals surface area contributed by atoms with Crippen molar-refractivity contribution in [3.8, 4) is 0 Å². The van der Waals surface area contributed by atoms with Gasteiger partial charge >= 0.3 is 0 Å². The van der Waals surface area contributed by atoms with Crippen molar-refractivity contribution in [3.05, 3.63) is 17.3 Å². The molecular formula is C15H20ClF2N3O. The number of ether oxygens (including phenoxy) is 1. The summed E-state index contributed by atoms with van der Waals surface area (Å²) in [5, 5.41) is 3.66. The summed E-state index contributed by atoms with van der Waals surface area (Å²) in [6, 6.07) is 3.79. The highest BCUT2D eigenvalue weighted by Crippen LogP contribution is 2.34. The number of hydrogen-bond donors (Lipinski definition) is 1. The number of alkyl halides is 2. The van der Waals surface area contributed by atoms with Gasteiger partial charge in [-0.3, -0.25) is 0 Å². The first-order valence-corrected chi connectivity index (χ1v) is 8.04. The van der Waals surface area contributed by atoms with E-state index in [9.17, 15) is 8.78 Å². The van der Waals surface area contributed by atoms with E-state index in [1.54, 1.807) is 0 Å². The number of halogens is 3. The fourth-order valence-electron chi connectivity index (χ4n) is 2.96. The van der Waals surface area contributed by atoms with Crippen LogP contribution < -0.4 is 10.2 Å². The SMILES string of the molecule is FC1(F)CCC(Nc2cc(N3CCOCC3)cc(Cl)n2)CC1. The minimum atomic E-state index is -2.51. The summed E-state index contributed by atoms with van der Waals surface area (Å²) in [4.78, 5) is 6.46. The van der Waals surface area contributed by atoms with Gasteiger partial charge in [0.15, 0.2) is 0 Å². The number of nitrogens with zero attached hydrogens (tertiary/aromatic N) is 2. The Morgan fingerprint density at radius 1 is 1.23 bits per heavy atom. The minimum absolute atomic E-state index is 0.0307. The molecule has 1 aromatic rings. The van der Waals surface area contributed by atoms with Crippen LogP contribution in [0.15, 0.2) is 12.1 Å². The van der Waals surface area contributed by atoms with Crippen LogP contribution in [0.4, 0.5) is 20.3 Å². The van der Waals surface area contributed by atoms with Crippen molar-refractivity contribution < 1.29 is 13.5 Å². The van der Waals surface area contributed by atoms with E-state index in [1.807, 2.05) is 12.1 Å². The van der Waals surface area contributed by atoms with Gasteiger partial charge in [0.05, 0.1) is 13.2 Å². The molecule has 0 amide bonds. The standard InChI is InChI=1S/C15H20ClF2N3O/c16-13-9-12(21-5-7-22-8-6-21)10-14(20-13)19-11-1-3-15(17,18)4-2-11/h9-11H,1-8H2,(H,19,20). The molecule has 0 bridgehead atoms. The van der Waals surface area contributed by atoms with Crippen LogP contribution in [0.5, 0.6) is 0 Å². The fraction of sp³-hybridized carbons (Fsp3) is 0.667. The van der Waals surface area contributed by atoms with Crippen molar-refractivity contribution in [2.75, 3.05) is 36.5 Å². The lowest BCUT2D eigenvalue weighted by atomic mass is 9.92. The zero-order valence-electron chi connectivity index (χ0n) is 12.3. The highest BCUT2D eigenvalue weighted by molar-refractivity contribution is 6.29. The van der Waals surface area contributed by atoms with Gasteiger partial charge in [0.25, 0.3) is 0 Å². The number of hydrogen-bond acceptors (Lipinski definition) is 4. The molecule has 0 unspecified atom stereocenters. The van der Waals surface area contributed by atoms with Crippen molar-refractivity contribution >= 4 is 23.1 Å². The number of pyridine rings is 1. The zero-order valence-corrected chi connectivity index (χ0v) is 13.1. The summed E-state index contributed by atoms with van der Waals surface area (Å²) in [5.41, 5.74) is 0.993. The normalized spacial score (nSPS) is 22.6. The molecule has 1 aliphatic heterocycles. The molecule has 2 fully saturated rings. The Kier molecular flexibility index (Phi) is 4.68. The lowest BCUT2D eigenvalue weighted by molar-refractivity contribution is -0.0361. The molecule has 22 heavy (non-hydrogen) atoms. The predicted octanol–water partition coefficient (Wildman–Crippen LogP) is 3.56. The molecule has 0 atom stereocenters. The Labute approximate surface area is 133 Å². The summed E-state index contributed by atoms with van der Waals surface area (Å²) in [6.45, 7) is 3.02. The summed E-state index contributed by atoms with van der Waals surface area (Å²) in [7, 11) is 0. The van der Waals surface area contributed by atoms with E-state index < -0.39 is 5.92 Å². The highest BCUT2D eigenvalue weighted by atomic mass is 35.5. The van der Waals surface area contributed by atoms with E-state index in [-0.39, 0.29) is 18.9 Å². The molecule has 0 spiro atoms. The summed E-state index contributed by atoms with van der Waals surface area (Å²) < 4.78 is 31.8. The maximum atomic E-state index is 13.2. The average Bonchev–Trinajstić information content (AvgIpc) is 2.50. The van der Waals surface area contributed by atoms with Gasteiger partial charge < -0.3 is 15.0 Å². The smallest absolute Gasteiger partial charge is 0.248 e. The molecule has 1 N–H and O–H groups in total. The Morgan fingerprint density at radius 2 is 1.91 bits per heavy atom. The van der Waals surface area contributed by atoms with Gasteiger partial charge in [-0.05, 0) is 18.9 Å². The van der Waals surface area contributed by atoms with Gasteiger partial charge in [-0.2, -0.15) is 0 Å². The maximum absolute atomic E-state index is 13.2. The molecule has 122 valence electrons. The molecular weight excluding hydrogens is 312 g/mol. The second-order valence-electron chi connectivity index (χ2n) is 5.91. The lowest BCUT2D eigenvalue weighted by Crippen LogP contribution is -2.36. The molecule has 1 saturated carbocycles. The molecule has 3 rings (SSSR count). The van der Waals surface area contributed by atoms with Gasteiger partial charge in [-0.1, -0.05) is 11.6 Å². The van der Waals surface area contributed by atoms with Crippen molar-refractivity contribution in [2.45, 2.75) is 37.6 Å². The Morgan fingerprint density at radius 3 is 2.59 bits per heavy atom. The van der Waals surface area contributed by atoms with Crippen molar-refractivity contribution in [1.29, 1.82) is 0 Å². The maximum Gasteiger partial charge on any atom is 0.248 e. The number of nitrogens with one attached hydrogen (secondary N) is 1. The van der Waals surface area contributed by atoms with Gasteiger partial charge in [0, 0.05) is 43.7 Å². The van der Waals surface area contributed by atoms with Gasteiger partial charge in [-0.25, -0.2) is 13.8 Å². The van der Waals surface area contributed by atoms with Gasteiger partial charge in [-0.15, -0.1) is 0 Å². The lowest BCUT2D eigenvalue weighted by Gasteiger charge is -2.31. The first-order valence-electron chi connectivity index (χ1n) is 7.66. The van der Waals surface area contributed by atoms with E-state index in [1.165, 1.54) is 0 Å². The monoisotopic (exact) mass is 331 g/mol. The Balaban J connectivity index is 1.67. The molecule has 0 radical (unpaired) electrons. The Hall–Kier alpha value is -1.14. The van der Waals surface area contributed by atoms with Crippen LogP contribution in [0.3, 0.4) is 0 Å². The third kappa shape index (κ3) is 3.98. The summed E-state index contributed by atoms with van der Waals surface area (Å²) >= 11 is 6.10. The molecule has 2 aliphatic rings. The van der Waals surface area contributed by atoms with Crippen LogP contribution in [0, 0.1) is 0 Å². The van der Waals surface area contributed by atoms with Crippen molar-refractivity contribution in [3.63, 3.8) is 0 Å². The van der Waals surface area contributed by atoms with Gasteiger partial charge in [0.1, 0.15) is 11.0 Å². The van der Waals surface area contributed by atoms with E-state index in [2.05, 4.69) is 15.2 Å². The largest absolute Gasteiger partial charge is 0.378 e. The fourth-order valence-corrected chi connectivity index (χ4v) is 3.16. The molecule has 2 heterocycles. The average molecular weight is 332 g/mol. The third-order valence-corrected chi connectivity index (χ3v) is 4.42. The molecule has 1 aromatic heterocycles. The first-order chi connectivity index (χ1) is 10.5. The Bertz CT molecular complexity index is 514. The topological polar surface area (TPSA) is 37.4 Å². The second-order valence-corrected chi connectivity index (χ2v) is 6.29. The van der Waals surface area contributed by atoms with Gasteiger partial charge in [0.2, 0.25) is 5.92 Å².